The smallest absolute Gasteiger partial charge is 0.410 e. The SMILES string of the molecule is O=C(NO)[C@H]1CN(C(=O)OC2CCOC2)CC[C@@H]1C(=O)N1CCN(c2ccccc2)CC1. The summed E-state index contributed by atoms with van der Waals surface area (Å²) in [5.74, 6) is -2.19. The lowest BCUT2D eigenvalue weighted by atomic mass is 9.83. The molecule has 1 aromatic carbocycles. The summed E-state index contributed by atoms with van der Waals surface area (Å²) < 4.78 is 10.7. The number of ether oxygens (including phenoxy) is 2. The summed E-state index contributed by atoms with van der Waals surface area (Å²) in [6, 6.07) is 10.0. The van der Waals surface area contributed by atoms with Gasteiger partial charge in [0.1, 0.15) is 6.10 Å². The van der Waals surface area contributed by atoms with Crippen LogP contribution in [-0.2, 0) is 19.1 Å². The number of hydrogen-bond acceptors (Lipinski definition) is 7. The molecule has 3 heterocycles. The van der Waals surface area contributed by atoms with Crippen LogP contribution in [0.1, 0.15) is 12.8 Å². The average Bonchev–Trinajstić information content (AvgIpc) is 3.36. The van der Waals surface area contributed by atoms with Crippen LogP contribution >= 0.6 is 0 Å². The Balaban J connectivity index is 1.36. The van der Waals surface area contributed by atoms with Crippen molar-refractivity contribution in [1.82, 2.24) is 15.3 Å². The first-order valence-electron chi connectivity index (χ1n) is 11.1. The number of anilines is 1. The molecule has 1 unspecified atom stereocenters. The fourth-order valence-electron chi connectivity index (χ4n) is 4.64. The van der Waals surface area contributed by atoms with Gasteiger partial charge in [0, 0.05) is 51.4 Å². The molecule has 0 aliphatic carbocycles. The van der Waals surface area contributed by atoms with Gasteiger partial charge in [-0.05, 0) is 18.6 Å². The molecule has 3 atom stereocenters. The number of nitrogens with zero attached hydrogens (tertiary/aromatic N) is 3. The summed E-state index contributed by atoms with van der Waals surface area (Å²) in [4.78, 5) is 43.6. The number of piperidine rings is 1. The molecule has 3 saturated heterocycles. The van der Waals surface area contributed by atoms with E-state index in [1.807, 2.05) is 30.3 Å². The van der Waals surface area contributed by atoms with E-state index in [2.05, 4.69) is 4.90 Å². The molecular weight excluding hydrogens is 416 g/mol. The number of hydrogen-bond donors (Lipinski definition) is 2. The van der Waals surface area contributed by atoms with Crippen LogP contribution in [0.3, 0.4) is 0 Å². The van der Waals surface area contributed by atoms with Gasteiger partial charge in [0.05, 0.1) is 25.0 Å². The van der Waals surface area contributed by atoms with Gasteiger partial charge in [-0.3, -0.25) is 14.8 Å². The first-order valence-corrected chi connectivity index (χ1v) is 11.1. The van der Waals surface area contributed by atoms with Crippen LogP contribution in [0.4, 0.5) is 10.5 Å². The third-order valence-corrected chi connectivity index (χ3v) is 6.50. The van der Waals surface area contributed by atoms with E-state index in [1.54, 1.807) is 10.4 Å². The molecule has 1 aromatic rings. The van der Waals surface area contributed by atoms with E-state index in [0.717, 1.165) is 5.69 Å². The quantitative estimate of drug-likeness (QED) is 0.517. The summed E-state index contributed by atoms with van der Waals surface area (Å²) in [6.45, 7) is 3.82. The Labute approximate surface area is 187 Å². The minimum absolute atomic E-state index is 0.0270. The summed E-state index contributed by atoms with van der Waals surface area (Å²) >= 11 is 0. The Kier molecular flexibility index (Phi) is 7.11. The lowest BCUT2D eigenvalue weighted by Crippen LogP contribution is -2.56. The second-order valence-electron chi connectivity index (χ2n) is 8.44. The van der Waals surface area contributed by atoms with Gasteiger partial charge >= 0.3 is 6.09 Å². The number of piperazine rings is 1. The molecule has 10 heteroatoms. The fraction of sp³-hybridized carbons (Fsp3) is 0.591. The third kappa shape index (κ3) is 4.97. The van der Waals surface area contributed by atoms with Crippen molar-refractivity contribution in [2.45, 2.75) is 18.9 Å². The van der Waals surface area contributed by atoms with Gasteiger partial charge in [0.25, 0.3) is 0 Å². The number of carbonyl (C=O) groups excluding carboxylic acids is 3. The van der Waals surface area contributed by atoms with E-state index < -0.39 is 23.8 Å². The maximum Gasteiger partial charge on any atom is 0.410 e. The molecule has 10 nitrogen and oxygen atoms in total. The van der Waals surface area contributed by atoms with Crippen LogP contribution in [-0.4, -0.2) is 91.5 Å². The number of carbonyl (C=O) groups is 3. The molecule has 32 heavy (non-hydrogen) atoms. The van der Waals surface area contributed by atoms with Gasteiger partial charge in [-0.15, -0.1) is 0 Å². The molecule has 2 N–H and O–H groups in total. The minimum Gasteiger partial charge on any atom is -0.444 e. The van der Waals surface area contributed by atoms with E-state index in [9.17, 15) is 19.6 Å². The molecular formula is C22H30N4O6. The van der Waals surface area contributed by atoms with Crippen LogP contribution in [0.5, 0.6) is 0 Å². The highest BCUT2D eigenvalue weighted by atomic mass is 16.6. The zero-order valence-electron chi connectivity index (χ0n) is 18.0. The van der Waals surface area contributed by atoms with E-state index in [1.165, 1.54) is 4.90 Å². The van der Waals surface area contributed by atoms with E-state index in [0.29, 0.717) is 58.8 Å². The topological polar surface area (TPSA) is 112 Å². The Morgan fingerprint density at radius 1 is 0.969 bits per heavy atom. The molecule has 0 radical (unpaired) electrons. The summed E-state index contributed by atoms with van der Waals surface area (Å²) in [5, 5.41) is 9.23. The average molecular weight is 447 g/mol. The number of nitrogens with one attached hydrogen (secondary N) is 1. The molecule has 0 bridgehead atoms. The van der Waals surface area contributed by atoms with Gasteiger partial charge in [0.15, 0.2) is 0 Å². The van der Waals surface area contributed by atoms with Crippen molar-refractivity contribution in [3.05, 3.63) is 30.3 Å². The molecule has 0 aromatic heterocycles. The van der Waals surface area contributed by atoms with Crippen molar-refractivity contribution in [2.75, 3.05) is 57.4 Å². The van der Waals surface area contributed by atoms with E-state index >= 15 is 0 Å². The van der Waals surface area contributed by atoms with Gasteiger partial charge in [-0.2, -0.15) is 0 Å². The third-order valence-electron chi connectivity index (χ3n) is 6.50. The van der Waals surface area contributed by atoms with Gasteiger partial charge in [-0.25, -0.2) is 10.3 Å². The number of benzene rings is 1. The zero-order valence-corrected chi connectivity index (χ0v) is 18.0. The number of hydroxylamine groups is 1. The molecule has 3 amide bonds. The second-order valence-corrected chi connectivity index (χ2v) is 8.44. The van der Waals surface area contributed by atoms with Gasteiger partial charge in [-0.1, -0.05) is 18.2 Å². The fourth-order valence-corrected chi connectivity index (χ4v) is 4.64. The van der Waals surface area contributed by atoms with Crippen molar-refractivity contribution in [1.29, 1.82) is 0 Å². The Morgan fingerprint density at radius 3 is 2.38 bits per heavy atom. The molecule has 4 rings (SSSR count). The highest BCUT2D eigenvalue weighted by Crippen LogP contribution is 2.28. The van der Waals surface area contributed by atoms with Crippen molar-refractivity contribution in [2.24, 2.45) is 11.8 Å². The number of amides is 3. The van der Waals surface area contributed by atoms with Gasteiger partial charge in [0.2, 0.25) is 11.8 Å². The van der Waals surface area contributed by atoms with Crippen molar-refractivity contribution < 1.29 is 29.1 Å². The predicted octanol–water partition coefficient (Wildman–Crippen LogP) is 0.704. The summed E-state index contributed by atoms with van der Waals surface area (Å²) in [5.41, 5.74) is 2.79. The maximum atomic E-state index is 13.3. The predicted molar refractivity (Wildman–Crippen MR) is 114 cm³/mol. The van der Waals surface area contributed by atoms with Crippen molar-refractivity contribution in [3.63, 3.8) is 0 Å². The Bertz CT molecular complexity index is 808. The minimum atomic E-state index is -0.833. The molecule has 3 fully saturated rings. The first-order chi connectivity index (χ1) is 15.6. The Morgan fingerprint density at radius 2 is 1.72 bits per heavy atom. The molecule has 0 spiro atoms. The highest BCUT2D eigenvalue weighted by Gasteiger charge is 2.42. The standard InChI is InChI=1S/C22H30N4O6/c27-20(23-30)19-14-26(22(29)32-17-7-13-31-15-17)8-6-18(19)21(28)25-11-9-24(10-12-25)16-4-2-1-3-5-16/h1-5,17-19,30H,6-15H2,(H,23,27)/t17?,18-,19-/m0/s1. The number of para-hydroxylation sites is 1. The zero-order chi connectivity index (χ0) is 22.5. The van der Waals surface area contributed by atoms with E-state index in [-0.39, 0.29) is 18.6 Å². The monoisotopic (exact) mass is 446 g/mol. The molecule has 3 aliphatic heterocycles. The lowest BCUT2D eigenvalue weighted by molar-refractivity contribution is -0.148. The van der Waals surface area contributed by atoms with Crippen molar-refractivity contribution >= 4 is 23.6 Å². The summed E-state index contributed by atoms with van der Waals surface area (Å²) in [6.07, 6.45) is 0.189. The summed E-state index contributed by atoms with van der Waals surface area (Å²) in [7, 11) is 0. The Hall–Kier alpha value is -2.85. The van der Waals surface area contributed by atoms with Crippen molar-refractivity contribution in [3.8, 4) is 0 Å². The molecule has 0 saturated carbocycles. The second kappa shape index (κ2) is 10.2. The highest BCUT2D eigenvalue weighted by molar-refractivity contribution is 5.88. The maximum absolute atomic E-state index is 13.3. The van der Waals surface area contributed by atoms with Gasteiger partial charge < -0.3 is 24.2 Å². The normalized spacial score (nSPS) is 26.0. The number of likely N-dealkylation sites (tertiary alicyclic amines) is 1. The first kappa shape index (κ1) is 22.3. The largest absolute Gasteiger partial charge is 0.444 e. The van der Waals surface area contributed by atoms with Crippen LogP contribution in [0, 0.1) is 11.8 Å². The molecule has 174 valence electrons. The van der Waals surface area contributed by atoms with Crippen LogP contribution in [0.15, 0.2) is 30.3 Å². The van der Waals surface area contributed by atoms with Crippen LogP contribution < -0.4 is 10.4 Å². The van der Waals surface area contributed by atoms with E-state index in [4.69, 9.17) is 9.47 Å². The lowest BCUT2D eigenvalue weighted by Gasteiger charge is -2.41. The number of rotatable bonds is 4. The van der Waals surface area contributed by atoms with Crippen LogP contribution in [0.25, 0.3) is 0 Å². The van der Waals surface area contributed by atoms with Crippen LogP contribution in [0.2, 0.25) is 0 Å². The molecule has 3 aliphatic rings.